The van der Waals surface area contributed by atoms with Crippen molar-refractivity contribution >= 4 is 26.7 Å². The van der Waals surface area contributed by atoms with Crippen molar-refractivity contribution in [1.82, 2.24) is 14.8 Å². The number of sulfonamides is 1. The Kier molecular flexibility index (Phi) is 4.79. The summed E-state index contributed by atoms with van der Waals surface area (Å²) in [5.41, 5.74) is -0.00609. The third-order valence-corrected chi connectivity index (χ3v) is 4.25. The van der Waals surface area contributed by atoms with Gasteiger partial charge in [-0.3, -0.25) is 4.72 Å². The van der Waals surface area contributed by atoms with E-state index in [1.165, 1.54) is 0 Å². The zero-order valence-corrected chi connectivity index (χ0v) is 12.1. The summed E-state index contributed by atoms with van der Waals surface area (Å²) in [6.07, 6.45) is 0.156. The van der Waals surface area contributed by atoms with E-state index in [0.717, 1.165) is 29.7 Å². The second-order valence-corrected chi connectivity index (χ2v) is 6.07. The Morgan fingerprint density at radius 1 is 1.43 bits per heavy atom. The molecule has 0 atom stereocenters. The van der Waals surface area contributed by atoms with Gasteiger partial charge in [-0.25, -0.2) is 12.8 Å². The van der Waals surface area contributed by atoms with Crippen molar-refractivity contribution in [1.29, 1.82) is 0 Å². The summed E-state index contributed by atoms with van der Waals surface area (Å²) in [7, 11) is -3.98. The molecule has 0 amide bonds. The molecular formula is C11H9FN4O3S2. The number of aromatic nitrogens is 3. The number of anilines is 1. The Labute approximate surface area is 124 Å². The van der Waals surface area contributed by atoms with Crippen molar-refractivity contribution in [2.75, 3.05) is 11.3 Å². The van der Waals surface area contributed by atoms with Crippen LogP contribution in [0.2, 0.25) is 0 Å². The van der Waals surface area contributed by atoms with Crippen LogP contribution in [0.5, 0.6) is 0 Å². The van der Waals surface area contributed by atoms with Crippen molar-refractivity contribution in [2.24, 2.45) is 0 Å². The average Bonchev–Trinajstić information content (AvgIpc) is 2.91. The van der Waals surface area contributed by atoms with Gasteiger partial charge in [-0.15, -0.1) is 0 Å². The van der Waals surface area contributed by atoms with E-state index < -0.39 is 15.8 Å². The van der Waals surface area contributed by atoms with Crippen molar-refractivity contribution in [2.45, 2.75) is 11.3 Å². The summed E-state index contributed by atoms with van der Waals surface area (Å²) in [6.45, 7) is -0.168. The molecule has 1 aromatic carbocycles. The molecule has 0 bridgehead atoms. The largest absolute Gasteiger partial charge is 0.395 e. The second kappa shape index (κ2) is 6.57. The van der Waals surface area contributed by atoms with E-state index in [1.54, 1.807) is 0 Å². The molecule has 0 saturated heterocycles. The second-order valence-electron chi connectivity index (χ2n) is 3.69. The van der Waals surface area contributed by atoms with Crippen LogP contribution < -0.4 is 4.72 Å². The van der Waals surface area contributed by atoms with Gasteiger partial charge < -0.3 is 5.11 Å². The van der Waals surface area contributed by atoms with Crippen LogP contribution in [0.3, 0.4) is 0 Å². The molecule has 7 nitrogen and oxygen atoms in total. The molecule has 1 aromatic heterocycles. The van der Waals surface area contributed by atoms with Crippen molar-refractivity contribution in [3.05, 3.63) is 29.6 Å². The predicted molar refractivity (Wildman–Crippen MR) is 73.5 cm³/mol. The molecule has 21 heavy (non-hydrogen) atoms. The average molecular weight is 328 g/mol. The molecule has 2 aromatic rings. The Morgan fingerprint density at radius 2 is 2.24 bits per heavy atom. The molecule has 1 heterocycles. The van der Waals surface area contributed by atoms with Gasteiger partial charge in [0.1, 0.15) is 10.7 Å². The molecule has 0 aliphatic carbocycles. The number of aliphatic hydroxyl groups excluding tert-OH is 1. The first-order chi connectivity index (χ1) is 10.0. The van der Waals surface area contributed by atoms with Crippen LogP contribution in [0.25, 0.3) is 0 Å². The quantitative estimate of drug-likeness (QED) is 0.797. The van der Waals surface area contributed by atoms with Crippen LogP contribution in [-0.4, -0.2) is 34.9 Å². The summed E-state index contributed by atoms with van der Waals surface area (Å²) < 4.78 is 43.3. The molecule has 0 aliphatic heterocycles. The highest BCUT2D eigenvalue weighted by Gasteiger charge is 2.20. The molecule has 0 aliphatic rings. The van der Waals surface area contributed by atoms with Gasteiger partial charge >= 0.3 is 0 Å². The van der Waals surface area contributed by atoms with Gasteiger partial charge in [-0.1, -0.05) is 21.4 Å². The van der Waals surface area contributed by atoms with Crippen LogP contribution >= 0.6 is 11.5 Å². The molecule has 2 N–H and O–H groups in total. The minimum atomic E-state index is -3.98. The van der Waals surface area contributed by atoms with Gasteiger partial charge in [0, 0.05) is 23.5 Å². The first-order valence-corrected chi connectivity index (χ1v) is 7.86. The normalized spacial score (nSPS) is 10.8. The molecule has 0 unspecified atom stereocenters. The lowest BCUT2D eigenvalue weighted by atomic mass is 10.2. The lowest BCUT2D eigenvalue weighted by Crippen LogP contribution is -2.14. The Bertz CT molecular complexity index is 782. The number of halogens is 1. The van der Waals surface area contributed by atoms with Crippen LogP contribution in [0.4, 0.5) is 9.52 Å². The Hall–Kier alpha value is -2.09. The van der Waals surface area contributed by atoms with Crippen molar-refractivity contribution in [3.63, 3.8) is 0 Å². The molecule has 2 rings (SSSR count). The van der Waals surface area contributed by atoms with Crippen LogP contribution in [0.15, 0.2) is 23.1 Å². The fraction of sp³-hybridized carbons (Fsp3) is 0.182. The Morgan fingerprint density at radius 3 is 2.90 bits per heavy atom. The van der Waals surface area contributed by atoms with Crippen LogP contribution in [0.1, 0.15) is 12.0 Å². The van der Waals surface area contributed by atoms with Gasteiger partial charge in [-0.05, 0) is 23.4 Å². The van der Waals surface area contributed by atoms with E-state index in [1.807, 2.05) is 0 Å². The van der Waals surface area contributed by atoms with Crippen LogP contribution in [0, 0.1) is 17.7 Å². The number of rotatable bonds is 4. The number of hydrogen-bond acceptors (Lipinski definition) is 7. The molecular weight excluding hydrogens is 319 g/mol. The third kappa shape index (κ3) is 3.94. The summed E-state index contributed by atoms with van der Waals surface area (Å²) in [4.78, 5) is -0.190. The van der Waals surface area contributed by atoms with E-state index in [9.17, 15) is 12.8 Å². The first-order valence-electron chi connectivity index (χ1n) is 5.60. The minimum absolute atomic E-state index is 0.00593. The maximum Gasteiger partial charge on any atom is 0.264 e. The summed E-state index contributed by atoms with van der Waals surface area (Å²) in [6, 6.07) is 3.14. The molecule has 0 saturated carbocycles. The van der Waals surface area contributed by atoms with E-state index in [4.69, 9.17) is 5.11 Å². The molecule has 10 heteroatoms. The van der Waals surface area contributed by atoms with Crippen molar-refractivity contribution in [3.8, 4) is 11.8 Å². The SMILES string of the molecule is O=S(=O)(Nc1nnns1)c1ccc(F)cc1C#CCCO. The molecule has 0 radical (unpaired) electrons. The highest BCUT2D eigenvalue weighted by Crippen LogP contribution is 2.20. The minimum Gasteiger partial charge on any atom is -0.395 e. The van der Waals surface area contributed by atoms with E-state index in [-0.39, 0.29) is 28.6 Å². The number of nitrogens with one attached hydrogen (secondary N) is 1. The number of aliphatic hydroxyl groups is 1. The van der Waals surface area contributed by atoms with Crippen LogP contribution in [-0.2, 0) is 10.0 Å². The van der Waals surface area contributed by atoms with E-state index in [2.05, 4.69) is 31.4 Å². The molecule has 0 spiro atoms. The predicted octanol–water partition coefficient (Wildman–Crippen LogP) is 0.607. The fourth-order valence-corrected chi connectivity index (χ4v) is 3.12. The lowest BCUT2D eigenvalue weighted by molar-refractivity contribution is 0.305. The topological polar surface area (TPSA) is 105 Å². The maximum atomic E-state index is 13.3. The summed E-state index contributed by atoms with van der Waals surface area (Å²) in [5, 5.41) is 15.4. The number of benzene rings is 1. The maximum absolute atomic E-state index is 13.3. The Balaban J connectivity index is 2.41. The highest BCUT2D eigenvalue weighted by atomic mass is 32.2. The van der Waals surface area contributed by atoms with E-state index >= 15 is 0 Å². The van der Waals surface area contributed by atoms with Gasteiger partial charge in [0.25, 0.3) is 10.0 Å². The van der Waals surface area contributed by atoms with Gasteiger partial charge in [0.05, 0.1) is 6.61 Å². The van der Waals surface area contributed by atoms with Gasteiger partial charge in [-0.2, -0.15) is 0 Å². The zero-order chi connectivity index (χ0) is 15.3. The fourth-order valence-electron chi connectivity index (χ4n) is 1.39. The lowest BCUT2D eigenvalue weighted by Gasteiger charge is -2.06. The first kappa shape index (κ1) is 15.3. The standard InChI is InChI=1S/C11H9FN4O3S2/c12-9-4-5-10(8(7-9)3-1-2-6-17)21(18,19)14-11-13-15-16-20-11/h4-5,7,17H,2,6H2,(H,13,14,16). The van der Waals surface area contributed by atoms with Gasteiger partial charge in [0.15, 0.2) is 0 Å². The molecule has 0 fully saturated rings. The smallest absolute Gasteiger partial charge is 0.264 e. The van der Waals surface area contributed by atoms with Crippen molar-refractivity contribution < 1.29 is 17.9 Å². The highest BCUT2D eigenvalue weighted by molar-refractivity contribution is 7.93. The number of nitrogens with zero attached hydrogens (tertiary/aromatic N) is 3. The monoisotopic (exact) mass is 328 g/mol. The zero-order valence-electron chi connectivity index (χ0n) is 10.4. The molecule has 110 valence electrons. The van der Waals surface area contributed by atoms with Gasteiger partial charge in [0.2, 0.25) is 5.13 Å². The van der Waals surface area contributed by atoms with E-state index in [0.29, 0.717) is 0 Å². The third-order valence-electron chi connectivity index (χ3n) is 2.21. The number of hydrogen-bond donors (Lipinski definition) is 2. The summed E-state index contributed by atoms with van der Waals surface area (Å²) >= 11 is 0.769. The summed E-state index contributed by atoms with van der Waals surface area (Å²) in [5.74, 6) is 4.47.